The summed E-state index contributed by atoms with van der Waals surface area (Å²) in [6.07, 6.45) is 0.992. The largest absolute Gasteiger partial charge is 0.497 e. The van der Waals surface area contributed by atoms with E-state index < -0.39 is 0 Å². The van der Waals surface area contributed by atoms with Crippen LogP contribution in [0.15, 0.2) is 42.5 Å². The van der Waals surface area contributed by atoms with E-state index in [0.717, 1.165) is 44.0 Å². The molecule has 1 heterocycles. The lowest BCUT2D eigenvalue weighted by Gasteiger charge is -2.37. The number of hydrogen-bond donors (Lipinski definition) is 1. The lowest BCUT2D eigenvalue weighted by molar-refractivity contribution is -0.121. The number of rotatable bonds is 10. The normalized spacial score (nSPS) is 15.2. The van der Waals surface area contributed by atoms with Gasteiger partial charge in [-0.2, -0.15) is 0 Å². The SMILES string of the molecule is CCN1CCN(c2ccc(F)cc2C(C)NC(=O)CCCC(=O)c2ccc(OC)cc2)CC1. The molecule has 1 atom stereocenters. The summed E-state index contributed by atoms with van der Waals surface area (Å²) in [7, 11) is 1.58. The molecule has 2 aromatic carbocycles. The monoisotopic (exact) mass is 455 g/mol. The Bertz CT molecular complexity index is 940. The molecule has 0 radical (unpaired) electrons. The third-order valence-electron chi connectivity index (χ3n) is 6.21. The number of nitrogens with zero attached hydrogens (tertiary/aromatic N) is 2. The molecular weight excluding hydrogens is 421 g/mol. The summed E-state index contributed by atoms with van der Waals surface area (Å²) in [4.78, 5) is 29.5. The average Bonchev–Trinajstić information content (AvgIpc) is 2.84. The van der Waals surface area contributed by atoms with Gasteiger partial charge in [-0.25, -0.2) is 4.39 Å². The van der Waals surface area contributed by atoms with Gasteiger partial charge in [-0.1, -0.05) is 6.92 Å². The Labute approximate surface area is 195 Å². The summed E-state index contributed by atoms with van der Waals surface area (Å²) in [6.45, 7) is 8.74. The summed E-state index contributed by atoms with van der Waals surface area (Å²) >= 11 is 0. The van der Waals surface area contributed by atoms with Gasteiger partial charge in [0.25, 0.3) is 0 Å². The van der Waals surface area contributed by atoms with Crippen LogP contribution in [0.5, 0.6) is 5.75 Å². The van der Waals surface area contributed by atoms with Crippen molar-refractivity contribution in [2.75, 3.05) is 44.7 Å². The van der Waals surface area contributed by atoms with Crippen LogP contribution in [0.4, 0.5) is 10.1 Å². The standard InChI is InChI=1S/C26H34FN3O3/c1-4-29-14-16-30(17-15-29)24-13-10-21(27)18-23(24)19(2)28-26(32)7-5-6-25(31)20-8-11-22(33-3)12-9-20/h8-13,18-19H,4-7,14-17H2,1-3H3,(H,28,32). The molecule has 1 aliphatic rings. The number of ketones is 1. The van der Waals surface area contributed by atoms with E-state index in [-0.39, 0.29) is 30.0 Å². The van der Waals surface area contributed by atoms with E-state index in [2.05, 4.69) is 22.0 Å². The van der Waals surface area contributed by atoms with Crippen LogP contribution in [0.1, 0.15) is 55.1 Å². The molecule has 7 heteroatoms. The number of Topliss-reactive ketones (excluding diaryl/α,β-unsaturated/α-hetero) is 1. The molecular formula is C26H34FN3O3. The van der Waals surface area contributed by atoms with Crippen LogP contribution in [0, 0.1) is 5.82 Å². The van der Waals surface area contributed by atoms with Crippen molar-refractivity contribution in [3.63, 3.8) is 0 Å². The van der Waals surface area contributed by atoms with Crippen LogP contribution in [-0.4, -0.2) is 56.4 Å². The van der Waals surface area contributed by atoms with Crippen molar-refractivity contribution < 1.29 is 18.7 Å². The first-order chi connectivity index (χ1) is 15.9. The number of hydrogen-bond acceptors (Lipinski definition) is 5. The molecule has 33 heavy (non-hydrogen) atoms. The number of nitrogens with one attached hydrogen (secondary N) is 1. The van der Waals surface area contributed by atoms with E-state index in [4.69, 9.17) is 4.74 Å². The number of halogens is 1. The first-order valence-corrected chi connectivity index (χ1v) is 11.6. The summed E-state index contributed by atoms with van der Waals surface area (Å²) in [6, 6.07) is 11.4. The summed E-state index contributed by atoms with van der Waals surface area (Å²) in [5.41, 5.74) is 2.36. The Morgan fingerprint density at radius 2 is 1.76 bits per heavy atom. The number of methoxy groups -OCH3 is 1. The van der Waals surface area contributed by atoms with Gasteiger partial charge in [0.1, 0.15) is 11.6 Å². The number of amides is 1. The van der Waals surface area contributed by atoms with Crippen LogP contribution < -0.4 is 15.0 Å². The predicted molar refractivity (Wildman–Crippen MR) is 128 cm³/mol. The third-order valence-corrected chi connectivity index (χ3v) is 6.21. The molecule has 0 aromatic heterocycles. The number of carbonyl (C=O) groups excluding carboxylic acids is 2. The van der Waals surface area contributed by atoms with Crippen LogP contribution in [0.3, 0.4) is 0 Å². The van der Waals surface area contributed by atoms with Crippen LogP contribution in [0.25, 0.3) is 0 Å². The van der Waals surface area contributed by atoms with Crippen molar-refractivity contribution in [2.24, 2.45) is 0 Å². The topological polar surface area (TPSA) is 61.9 Å². The Morgan fingerprint density at radius 1 is 1.06 bits per heavy atom. The first-order valence-electron chi connectivity index (χ1n) is 11.6. The summed E-state index contributed by atoms with van der Waals surface area (Å²) in [5.74, 6) is 0.240. The molecule has 0 saturated carbocycles. The van der Waals surface area contributed by atoms with Gasteiger partial charge in [-0.05, 0) is 62.4 Å². The zero-order valence-corrected chi connectivity index (χ0v) is 19.8. The van der Waals surface area contributed by atoms with Gasteiger partial charge in [-0.3, -0.25) is 9.59 Å². The molecule has 3 rings (SSSR count). The number of benzene rings is 2. The second-order valence-corrected chi connectivity index (χ2v) is 8.42. The predicted octanol–water partition coefficient (Wildman–Crippen LogP) is 4.21. The number of piperazine rings is 1. The molecule has 1 N–H and O–H groups in total. The molecule has 178 valence electrons. The van der Waals surface area contributed by atoms with E-state index in [1.54, 1.807) is 31.4 Å². The van der Waals surface area contributed by atoms with Gasteiger partial charge in [0.15, 0.2) is 5.78 Å². The van der Waals surface area contributed by atoms with E-state index in [1.807, 2.05) is 13.0 Å². The third kappa shape index (κ3) is 6.78. The Hall–Kier alpha value is -2.93. The van der Waals surface area contributed by atoms with Gasteiger partial charge < -0.3 is 19.9 Å². The van der Waals surface area contributed by atoms with E-state index >= 15 is 0 Å². The van der Waals surface area contributed by atoms with Crippen molar-refractivity contribution in [1.29, 1.82) is 0 Å². The minimum Gasteiger partial charge on any atom is -0.497 e. The molecule has 1 amide bonds. The number of carbonyl (C=O) groups is 2. The van der Waals surface area contributed by atoms with Gasteiger partial charge >= 0.3 is 0 Å². The Balaban J connectivity index is 1.53. The average molecular weight is 456 g/mol. The van der Waals surface area contributed by atoms with Gasteiger partial charge in [-0.15, -0.1) is 0 Å². The molecule has 1 unspecified atom stereocenters. The summed E-state index contributed by atoms with van der Waals surface area (Å²) in [5, 5.41) is 2.98. The Kier molecular flexibility index (Phi) is 8.83. The highest BCUT2D eigenvalue weighted by Crippen LogP contribution is 2.28. The lowest BCUT2D eigenvalue weighted by atomic mass is 10.0. The second kappa shape index (κ2) is 11.8. The second-order valence-electron chi connectivity index (χ2n) is 8.42. The molecule has 0 bridgehead atoms. The maximum absolute atomic E-state index is 14.0. The van der Waals surface area contributed by atoms with Crippen molar-refractivity contribution in [3.8, 4) is 5.75 Å². The molecule has 0 spiro atoms. The highest BCUT2D eigenvalue weighted by atomic mass is 19.1. The quantitative estimate of drug-likeness (QED) is 0.544. The van der Waals surface area contributed by atoms with Gasteiger partial charge in [0, 0.05) is 55.8 Å². The summed E-state index contributed by atoms with van der Waals surface area (Å²) < 4.78 is 19.2. The van der Waals surface area contributed by atoms with E-state index in [0.29, 0.717) is 24.2 Å². The first kappa shape index (κ1) is 24.7. The maximum atomic E-state index is 14.0. The van der Waals surface area contributed by atoms with Crippen molar-refractivity contribution in [1.82, 2.24) is 10.2 Å². The fourth-order valence-corrected chi connectivity index (χ4v) is 4.19. The highest BCUT2D eigenvalue weighted by Gasteiger charge is 2.22. The molecule has 6 nitrogen and oxygen atoms in total. The van der Waals surface area contributed by atoms with E-state index in [9.17, 15) is 14.0 Å². The fraction of sp³-hybridized carbons (Fsp3) is 0.462. The number of anilines is 1. The lowest BCUT2D eigenvalue weighted by Crippen LogP contribution is -2.46. The van der Waals surface area contributed by atoms with Gasteiger partial charge in [0.05, 0.1) is 13.2 Å². The van der Waals surface area contributed by atoms with Crippen molar-refractivity contribution in [2.45, 2.75) is 39.2 Å². The maximum Gasteiger partial charge on any atom is 0.220 e. The van der Waals surface area contributed by atoms with Crippen LogP contribution in [-0.2, 0) is 4.79 Å². The van der Waals surface area contributed by atoms with Crippen molar-refractivity contribution >= 4 is 17.4 Å². The zero-order chi connectivity index (χ0) is 23.8. The molecule has 2 aromatic rings. The number of ether oxygens (including phenoxy) is 1. The minimum atomic E-state index is -0.329. The molecule has 1 fully saturated rings. The molecule has 1 aliphatic heterocycles. The zero-order valence-electron chi connectivity index (χ0n) is 19.8. The van der Waals surface area contributed by atoms with Gasteiger partial charge in [0.2, 0.25) is 5.91 Å². The number of likely N-dealkylation sites (N-methyl/N-ethyl adjacent to an activating group) is 1. The Morgan fingerprint density at radius 3 is 2.39 bits per heavy atom. The minimum absolute atomic E-state index is 0.00265. The smallest absolute Gasteiger partial charge is 0.220 e. The highest BCUT2D eigenvalue weighted by molar-refractivity contribution is 5.96. The molecule has 0 aliphatic carbocycles. The van der Waals surface area contributed by atoms with Crippen LogP contribution >= 0.6 is 0 Å². The fourth-order valence-electron chi connectivity index (χ4n) is 4.19. The van der Waals surface area contributed by atoms with Crippen molar-refractivity contribution in [3.05, 3.63) is 59.4 Å². The van der Waals surface area contributed by atoms with Crippen LogP contribution in [0.2, 0.25) is 0 Å². The molecule has 1 saturated heterocycles. The van der Waals surface area contributed by atoms with E-state index in [1.165, 1.54) is 12.1 Å².